The number of phenolic OH excluding ortho intramolecular Hbond substituents is 1. The zero-order valence-electron chi connectivity index (χ0n) is 14.9. The van der Waals surface area contributed by atoms with Crippen LogP contribution in [0, 0.1) is 5.92 Å². The summed E-state index contributed by atoms with van der Waals surface area (Å²) in [7, 11) is 1.54. The van der Waals surface area contributed by atoms with Gasteiger partial charge in [0, 0.05) is 32.3 Å². The van der Waals surface area contributed by atoms with Crippen molar-refractivity contribution in [2.24, 2.45) is 5.92 Å². The predicted octanol–water partition coefficient (Wildman–Crippen LogP) is 2.02. The molecule has 0 unspecified atom stereocenters. The van der Waals surface area contributed by atoms with Crippen LogP contribution >= 0.6 is 0 Å². The van der Waals surface area contributed by atoms with E-state index in [0.717, 1.165) is 45.6 Å². The van der Waals surface area contributed by atoms with E-state index in [9.17, 15) is 9.90 Å². The number of methoxy groups -OCH3 is 1. The minimum atomic E-state index is -0.250. The zero-order chi connectivity index (χ0) is 17.6. The average Bonchev–Trinajstić information content (AvgIpc) is 2.67. The SMILES string of the molecule is COc1ccc(O)c(C(=O)NC[C@H]2CCCN(C3CCOCC3)C2)c1. The number of nitrogens with zero attached hydrogens (tertiary/aromatic N) is 1. The highest BCUT2D eigenvalue weighted by molar-refractivity contribution is 5.97. The van der Waals surface area contributed by atoms with Crippen LogP contribution in [0.2, 0.25) is 0 Å². The van der Waals surface area contributed by atoms with Gasteiger partial charge in [0.15, 0.2) is 0 Å². The van der Waals surface area contributed by atoms with Crippen LogP contribution in [-0.2, 0) is 4.74 Å². The Labute approximate surface area is 149 Å². The fourth-order valence-electron chi connectivity index (χ4n) is 3.80. The first-order valence-electron chi connectivity index (χ1n) is 9.14. The fourth-order valence-corrected chi connectivity index (χ4v) is 3.80. The molecule has 0 aliphatic carbocycles. The number of likely N-dealkylation sites (tertiary alicyclic amines) is 1. The number of carbonyl (C=O) groups is 1. The van der Waals surface area contributed by atoms with Crippen molar-refractivity contribution in [2.45, 2.75) is 31.7 Å². The number of ether oxygens (including phenoxy) is 2. The molecule has 3 rings (SSSR count). The molecule has 138 valence electrons. The van der Waals surface area contributed by atoms with E-state index >= 15 is 0 Å². The van der Waals surface area contributed by atoms with E-state index in [-0.39, 0.29) is 17.2 Å². The lowest BCUT2D eigenvalue weighted by molar-refractivity contribution is 0.0179. The molecule has 2 aliphatic rings. The number of amides is 1. The quantitative estimate of drug-likeness (QED) is 0.852. The lowest BCUT2D eigenvalue weighted by Crippen LogP contribution is -2.47. The molecule has 6 nitrogen and oxygen atoms in total. The van der Waals surface area contributed by atoms with E-state index < -0.39 is 0 Å². The van der Waals surface area contributed by atoms with Crippen LogP contribution in [0.15, 0.2) is 18.2 Å². The van der Waals surface area contributed by atoms with E-state index in [1.54, 1.807) is 19.2 Å². The molecule has 6 heteroatoms. The van der Waals surface area contributed by atoms with Gasteiger partial charge in [-0.25, -0.2) is 0 Å². The summed E-state index contributed by atoms with van der Waals surface area (Å²) in [6.07, 6.45) is 4.51. The number of nitrogens with one attached hydrogen (secondary N) is 1. The molecule has 2 heterocycles. The molecule has 0 aromatic heterocycles. The van der Waals surface area contributed by atoms with Crippen molar-refractivity contribution in [3.05, 3.63) is 23.8 Å². The monoisotopic (exact) mass is 348 g/mol. The minimum Gasteiger partial charge on any atom is -0.507 e. The Kier molecular flexibility index (Phi) is 6.15. The minimum absolute atomic E-state index is 0.0224. The standard InChI is InChI=1S/C19H28N2O4/c1-24-16-4-5-18(22)17(11-16)19(23)20-12-14-3-2-8-21(13-14)15-6-9-25-10-7-15/h4-5,11,14-15,22H,2-3,6-10,12-13H2,1H3,(H,20,23)/t14-/m1/s1. The Morgan fingerprint density at radius 3 is 2.92 bits per heavy atom. The largest absolute Gasteiger partial charge is 0.507 e. The third-order valence-electron chi connectivity index (χ3n) is 5.26. The molecule has 25 heavy (non-hydrogen) atoms. The molecule has 2 fully saturated rings. The lowest BCUT2D eigenvalue weighted by atomic mass is 9.94. The number of aromatic hydroxyl groups is 1. The van der Waals surface area contributed by atoms with Crippen molar-refractivity contribution in [1.29, 1.82) is 0 Å². The second-order valence-electron chi connectivity index (χ2n) is 6.94. The summed E-state index contributed by atoms with van der Waals surface area (Å²) in [5, 5.41) is 12.9. The van der Waals surface area contributed by atoms with Crippen LogP contribution in [0.4, 0.5) is 0 Å². The van der Waals surface area contributed by atoms with Crippen molar-refractivity contribution in [1.82, 2.24) is 10.2 Å². The third kappa shape index (κ3) is 4.64. The molecule has 1 atom stereocenters. The third-order valence-corrected chi connectivity index (χ3v) is 5.26. The summed E-state index contributed by atoms with van der Waals surface area (Å²) in [6.45, 7) is 4.52. The van der Waals surface area contributed by atoms with Gasteiger partial charge in [0.1, 0.15) is 11.5 Å². The molecule has 1 aromatic rings. The van der Waals surface area contributed by atoms with Gasteiger partial charge in [-0.1, -0.05) is 0 Å². The van der Waals surface area contributed by atoms with Crippen LogP contribution in [0.5, 0.6) is 11.5 Å². The van der Waals surface area contributed by atoms with Gasteiger partial charge in [0.25, 0.3) is 5.91 Å². The summed E-state index contributed by atoms with van der Waals surface area (Å²) < 4.78 is 10.6. The molecule has 0 saturated carbocycles. The maximum Gasteiger partial charge on any atom is 0.255 e. The van der Waals surface area contributed by atoms with Gasteiger partial charge in [-0.15, -0.1) is 0 Å². The second kappa shape index (κ2) is 8.54. The molecule has 2 N–H and O–H groups in total. The van der Waals surface area contributed by atoms with Gasteiger partial charge < -0.3 is 19.9 Å². The molecule has 0 spiro atoms. The second-order valence-corrected chi connectivity index (χ2v) is 6.94. The van der Waals surface area contributed by atoms with Gasteiger partial charge in [-0.3, -0.25) is 9.69 Å². The number of rotatable bonds is 5. The van der Waals surface area contributed by atoms with Crippen molar-refractivity contribution in [3.63, 3.8) is 0 Å². The van der Waals surface area contributed by atoms with Crippen molar-refractivity contribution >= 4 is 5.91 Å². The predicted molar refractivity (Wildman–Crippen MR) is 95.1 cm³/mol. The number of piperidine rings is 1. The maximum atomic E-state index is 12.4. The van der Waals surface area contributed by atoms with Crippen LogP contribution in [-0.4, -0.2) is 61.9 Å². The number of benzene rings is 1. The Morgan fingerprint density at radius 2 is 2.16 bits per heavy atom. The van der Waals surface area contributed by atoms with E-state index in [4.69, 9.17) is 9.47 Å². The lowest BCUT2D eigenvalue weighted by Gasteiger charge is -2.40. The highest BCUT2D eigenvalue weighted by atomic mass is 16.5. The summed E-state index contributed by atoms with van der Waals surface area (Å²) in [4.78, 5) is 15.0. The molecule has 2 aliphatic heterocycles. The zero-order valence-corrected chi connectivity index (χ0v) is 14.9. The molecule has 1 amide bonds. The Balaban J connectivity index is 1.53. The maximum absolute atomic E-state index is 12.4. The number of phenols is 1. The normalized spacial score (nSPS) is 22.5. The van der Waals surface area contributed by atoms with Crippen molar-refractivity contribution in [3.8, 4) is 11.5 Å². The van der Waals surface area contributed by atoms with E-state index in [2.05, 4.69) is 10.2 Å². The smallest absolute Gasteiger partial charge is 0.255 e. The molecule has 1 aromatic carbocycles. The highest BCUT2D eigenvalue weighted by Crippen LogP contribution is 2.24. The van der Waals surface area contributed by atoms with Crippen molar-refractivity contribution < 1.29 is 19.4 Å². The van der Waals surface area contributed by atoms with Crippen LogP contribution in [0.25, 0.3) is 0 Å². The summed E-state index contributed by atoms with van der Waals surface area (Å²) in [5.41, 5.74) is 0.261. The Bertz CT molecular complexity index is 587. The molecule has 0 bridgehead atoms. The topological polar surface area (TPSA) is 71.0 Å². The van der Waals surface area contributed by atoms with E-state index in [1.165, 1.54) is 12.5 Å². The first-order chi connectivity index (χ1) is 12.2. The van der Waals surface area contributed by atoms with Crippen LogP contribution in [0.1, 0.15) is 36.0 Å². The summed E-state index contributed by atoms with van der Waals surface area (Å²) >= 11 is 0. The molecular formula is C19H28N2O4. The molecular weight excluding hydrogens is 320 g/mol. The fraction of sp³-hybridized carbons (Fsp3) is 0.632. The van der Waals surface area contributed by atoms with Gasteiger partial charge >= 0.3 is 0 Å². The van der Waals surface area contributed by atoms with Gasteiger partial charge in [-0.05, 0) is 56.3 Å². The highest BCUT2D eigenvalue weighted by Gasteiger charge is 2.27. The average molecular weight is 348 g/mol. The van der Waals surface area contributed by atoms with Gasteiger partial charge in [0.2, 0.25) is 0 Å². The molecule has 0 radical (unpaired) electrons. The van der Waals surface area contributed by atoms with Gasteiger partial charge in [0.05, 0.1) is 12.7 Å². The van der Waals surface area contributed by atoms with Crippen molar-refractivity contribution in [2.75, 3.05) is 40.0 Å². The first-order valence-corrected chi connectivity index (χ1v) is 9.14. The Hall–Kier alpha value is -1.79. The Morgan fingerprint density at radius 1 is 1.36 bits per heavy atom. The first kappa shape index (κ1) is 18.0. The van der Waals surface area contributed by atoms with E-state index in [0.29, 0.717) is 24.3 Å². The van der Waals surface area contributed by atoms with Crippen LogP contribution < -0.4 is 10.1 Å². The summed E-state index contributed by atoms with van der Waals surface area (Å²) in [6, 6.07) is 5.31. The number of hydrogen-bond acceptors (Lipinski definition) is 5. The molecule has 2 saturated heterocycles. The van der Waals surface area contributed by atoms with Crippen LogP contribution in [0.3, 0.4) is 0 Å². The van der Waals surface area contributed by atoms with E-state index in [1.807, 2.05) is 0 Å². The number of carbonyl (C=O) groups excluding carboxylic acids is 1. The van der Waals surface area contributed by atoms with Gasteiger partial charge in [-0.2, -0.15) is 0 Å². The number of hydrogen-bond donors (Lipinski definition) is 2. The summed E-state index contributed by atoms with van der Waals surface area (Å²) in [5.74, 6) is 0.741.